The van der Waals surface area contributed by atoms with Crippen molar-refractivity contribution in [1.82, 2.24) is 19.7 Å². The molecule has 1 N–H and O–H groups in total. The molecule has 32 heavy (non-hydrogen) atoms. The van der Waals surface area contributed by atoms with Crippen LogP contribution in [-0.2, 0) is 11.8 Å². The van der Waals surface area contributed by atoms with Gasteiger partial charge in [0.1, 0.15) is 39.2 Å². The van der Waals surface area contributed by atoms with Gasteiger partial charge in [0.2, 0.25) is 5.91 Å². The van der Waals surface area contributed by atoms with Crippen molar-refractivity contribution < 1.29 is 4.79 Å². The first kappa shape index (κ1) is 21.7. The number of hydrogen-bond donors (Lipinski definition) is 1. The molecule has 0 fully saturated rings. The molecule has 0 bridgehead atoms. The number of anilines is 1. The number of fused-ring (bicyclic) bond motifs is 1. The summed E-state index contributed by atoms with van der Waals surface area (Å²) in [5, 5.41) is 11.7. The predicted molar refractivity (Wildman–Crippen MR) is 133 cm³/mol. The highest BCUT2D eigenvalue weighted by molar-refractivity contribution is 6.67. The van der Waals surface area contributed by atoms with Gasteiger partial charge in [0.05, 0.1) is 23.7 Å². The number of rotatable bonds is 4. The number of nitrogens with zero attached hydrogens (tertiary/aromatic N) is 4. The van der Waals surface area contributed by atoms with Crippen molar-refractivity contribution in [2.75, 3.05) is 5.32 Å². The standard InChI is InChI=1S/C21H12B5N5O/c1-31-9-27-8-14(31)10-2-4-13-11(6-10)7-15(30-29-13)28-16(32)5-3-12-17(22)19(24)21(26)20(25)18(12)23/h2-9H,1H3,(H,28,30,32)/b5-3+. The third kappa shape index (κ3) is 4.02. The Morgan fingerprint density at radius 1 is 0.969 bits per heavy atom. The Hall–Kier alpha value is -3.48. The molecule has 2 aromatic carbocycles. The summed E-state index contributed by atoms with van der Waals surface area (Å²) in [7, 11) is 31.3. The molecule has 1 amide bonds. The quantitative estimate of drug-likeness (QED) is 0.306. The molecule has 6 nitrogen and oxygen atoms in total. The van der Waals surface area contributed by atoms with Gasteiger partial charge in [-0.05, 0) is 23.8 Å². The van der Waals surface area contributed by atoms with Gasteiger partial charge in [0.15, 0.2) is 5.82 Å². The molecule has 2 heterocycles. The molecule has 0 aliphatic rings. The van der Waals surface area contributed by atoms with E-state index in [2.05, 4.69) is 20.5 Å². The van der Waals surface area contributed by atoms with Crippen molar-refractivity contribution in [2.45, 2.75) is 0 Å². The molecule has 0 spiro atoms. The van der Waals surface area contributed by atoms with Crippen LogP contribution >= 0.6 is 0 Å². The van der Waals surface area contributed by atoms with Crippen molar-refractivity contribution in [3.05, 3.63) is 48.4 Å². The van der Waals surface area contributed by atoms with E-state index in [4.69, 9.17) is 39.2 Å². The van der Waals surface area contributed by atoms with Crippen molar-refractivity contribution in [1.29, 1.82) is 0 Å². The van der Waals surface area contributed by atoms with Gasteiger partial charge in [-0.3, -0.25) is 4.79 Å². The number of nitrogens with one attached hydrogen (secondary N) is 1. The summed E-state index contributed by atoms with van der Waals surface area (Å²) in [4.78, 5) is 16.6. The fraction of sp³-hybridized carbons (Fsp3) is 0.0476. The van der Waals surface area contributed by atoms with Crippen molar-refractivity contribution in [3.8, 4) is 11.3 Å². The van der Waals surface area contributed by atoms with Crippen LogP contribution in [0.1, 0.15) is 5.56 Å². The van der Waals surface area contributed by atoms with Gasteiger partial charge in [0, 0.05) is 24.1 Å². The highest BCUT2D eigenvalue weighted by atomic mass is 16.1. The van der Waals surface area contributed by atoms with Crippen LogP contribution in [0.4, 0.5) is 5.82 Å². The van der Waals surface area contributed by atoms with E-state index < -0.39 is 5.91 Å². The Bertz CT molecular complexity index is 1370. The van der Waals surface area contributed by atoms with Gasteiger partial charge < -0.3 is 9.88 Å². The van der Waals surface area contributed by atoms with Crippen molar-refractivity contribution in [3.63, 3.8) is 0 Å². The van der Waals surface area contributed by atoms with Crippen LogP contribution in [0.25, 0.3) is 28.2 Å². The molecule has 0 saturated heterocycles. The van der Waals surface area contributed by atoms with Gasteiger partial charge in [-0.2, -0.15) is 0 Å². The van der Waals surface area contributed by atoms with E-state index in [0.29, 0.717) is 11.1 Å². The van der Waals surface area contributed by atoms with Crippen LogP contribution in [0.5, 0.6) is 0 Å². The number of benzene rings is 2. The Balaban J connectivity index is 1.58. The fourth-order valence-electron chi connectivity index (χ4n) is 3.28. The summed E-state index contributed by atoms with van der Waals surface area (Å²) >= 11 is 0. The first-order chi connectivity index (χ1) is 15.3. The van der Waals surface area contributed by atoms with Crippen molar-refractivity contribution >= 4 is 95.2 Å². The molecule has 0 aliphatic heterocycles. The molecule has 0 saturated carbocycles. The average molecular weight is 404 g/mol. The Kier molecular flexibility index (Phi) is 5.83. The zero-order valence-corrected chi connectivity index (χ0v) is 17.2. The molecule has 10 radical (unpaired) electrons. The van der Waals surface area contributed by atoms with Crippen LogP contribution in [0.3, 0.4) is 0 Å². The average Bonchev–Trinajstić information content (AvgIpc) is 3.21. The second-order valence-corrected chi connectivity index (χ2v) is 7.20. The summed E-state index contributed by atoms with van der Waals surface area (Å²) in [6.45, 7) is 0. The summed E-state index contributed by atoms with van der Waals surface area (Å²) in [5.41, 5.74) is 3.55. The van der Waals surface area contributed by atoms with E-state index >= 15 is 0 Å². The molecule has 142 valence electrons. The number of imidazole rings is 1. The normalized spacial score (nSPS) is 11.3. The minimum absolute atomic E-state index is 0.110. The van der Waals surface area contributed by atoms with E-state index in [9.17, 15) is 4.79 Å². The maximum atomic E-state index is 12.4. The van der Waals surface area contributed by atoms with Crippen LogP contribution in [0.15, 0.2) is 42.9 Å². The number of hydrogen-bond acceptors (Lipinski definition) is 4. The maximum Gasteiger partial charge on any atom is 0.249 e. The molecule has 2 aromatic heterocycles. The molecule has 4 aromatic rings. The lowest BCUT2D eigenvalue weighted by atomic mass is 9.60. The smallest absolute Gasteiger partial charge is 0.249 e. The molecule has 0 unspecified atom stereocenters. The van der Waals surface area contributed by atoms with E-state index in [1.807, 2.05) is 29.8 Å². The maximum absolute atomic E-state index is 12.4. The largest absolute Gasteiger partial charge is 0.334 e. The lowest BCUT2D eigenvalue weighted by molar-refractivity contribution is -0.111. The molecule has 0 aliphatic carbocycles. The van der Waals surface area contributed by atoms with Gasteiger partial charge in [-0.1, -0.05) is 23.1 Å². The second kappa shape index (κ2) is 8.57. The Morgan fingerprint density at radius 2 is 1.66 bits per heavy atom. The minimum atomic E-state index is -0.464. The van der Waals surface area contributed by atoms with E-state index in [-0.39, 0.29) is 33.1 Å². The summed E-state index contributed by atoms with van der Waals surface area (Å²) in [5.74, 6) is -0.180. The minimum Gasteiger partial charge on any atom is -0.334 e. The van der Waals surface area contributed by atoms with Crippen LogP contribution in [-0.4, -0.2) is 64.9 Å². The Labute approximate surface area is 192 Å². The molecule has 4 rings (SSSR count). The SMILES string of the molecule is [B]c1c([B])c([B])c(/C=C/C(=O)Nc2cc3cc(-c4cncn4C)ccc3nn2)c([B])c1[B]. The van der Waals surface area contributed by atoms with Gasteiger partial charge in [-0.25, -0.2) is 4.98 Å². The number of carbonyl (C=O) groups excluding carboxylic acids is 1. The first-order valence-electron chi connectivity index (χ1n) is 9.50. The summed E-state index contributed by atoms with van der Waals surface area (Å²) in [6, 6.07) is 7.48. The highest BCUT2D eigenvalue weighted by Gasteiger charge is 2.10. The van der Waals surface area contributed by atoms with Gasteiger partial charge in [0.25, 0.3) is 0 Å². The van der Waals surface area contributed by atoms with Crippen LogP contribution in [0.2, 0.25) is 0 Å². The number of aromatic nitrogens is 4. The molecular formula is C21H12B5N5O. The van der Waals surface area contributed by atoms with E-state index in [1.54, 1.807) is 18.6 Å². The zero-order valence-electron chi connectivity index (χ0n) is 17.2. The molecular weight excluding hydrogens is 392 g/mol. The number of aryl methyl sites for hydroxylation is 1. The van der Waals surface area contributed by atoms with Crippen molar-refractivity contribution in [2.24, 2.45) is 7.05 Å². The lowest BCUT2D eigenvalue weighted by Crippen LogP contribution is -2.55. The third-order valence-electron chi connectivity index (χ3n) is 5.09. The highest BCUT2D eigenvalue weighted by Crippen LogP contribution is 2.23. The molecule has 11 heteroatoms. The van der Waals surface area contributed by atoms with Gasteiger partial charge >= 0.3 is 0 Å². The summed E-state index contributed by atoms with van der Waals surface area (Å²) < 4.78 is 1.91. The molecule has 0 atom stereocenters. The van der Waals surface area contributed by atoms with Crippen LogP contribution < -0.4 is 32.6 Å². The van der Waals surface area contributed by atoms with Gasteiger partial charge in [-0.15, -0.1) is 26.6 Å². The second-order valence-electron chi connectivity index (χ2n) is 7.20. The van der Waals surface area contributed by atoms with E-state index in [1.165, 1.54) is 12.2 Å². The predicted octanol–water partition coefficient (Wildman–Crippen LogP) is -2.35. The number of amides is 1. The first-order valence-corrected chi connectivity index (χ1v) is 9.50. The Morgan fingerprint density at radius 3 is 2.31 bits per heavy atom. The number of carbonyl (C=O) groups is 1. The zero-order chi connectivity index (χ0) is 23.0. The van der Waals surface area contributed by atoms with Crippen LogP contribution in [0, 0.1) is 0 Å². The van der Waals surface area contributed by atoms with E-state index in [0.717, 1.165) is 16.6 Å². The topological polar surface area (TPSA) is 72.7 Å². The lowest BCUT2D eigenvalue weighted by Gasteiger charge is -2.18. The monoisotopic (exact) mass is 405 g/mol. The summed E-state index contributed by atoms with van der Waals surface area (Å²) in [6.07, 6.45) is 6.16. The fourth-order valence-corrected chi connectivity index (χ4v) is 3.28. The third-order valence-corrected chi connectivity index (χ3v) is 5.09.